The van der Waals surface area contributed by atoms with E-state index in [0.717, 1.165) is 0 Å². The van der Waals surface area contributed by atoms with Gasteiger partial charge in [0, 0.05) is 19.1 Å². The average Bonchev–Trinajstić information content (AvgIpc) is 2.40. The van der Waals surface area contributed by atoms with Gasteiger partial charge in [-0.3, -0.25) is 4.79 Å². The van der Waals surface area contributed by atoms with Crippen LogP contribution in [0.15, 0.2) is 24.3 Å². The Hall–Kier alpha value is -1.62. The molecule has 5 heteroatoms. The number of anilines is 1. The number of primary amides is 1. The first-order chi connectivity index (χ1) is 9.80. The van der Waals surface area contributed by atoms with Crippen molar-refractivity contribution in [2.45, 2.75) is 45.7 Å². The van der Waals surface area contributed by atoms with E-state index in [9.17, 15) is 9.18 Å². The molecule has 1 rings (SSSR count). The fourth-order valence-electron chi connectivity index (χ4n) is 2.42. The molecule has 118 valence electrons. The molecule has 4 nitrogen and oxygen atoms in total. The molecule has 0 aliphatic carbocycles. The van der Waals surface area contributed by atoms with Crippen LogP contribution in [0.3, 0.4) is 0 Å². The Kier molecular flexibility index (Phi) is 6.15. The second kappa shape index (κ2) is 7.41. The van der Waals surface area contributed by atoms with E-state index >= 15 is 0 Å². The SMILES string of the molecule is CCN(CCC(C)(NC(C)C)C(N)=O)c1ccccc1F. The molecule has 1 aromatic rings. The number of carbonyl (C=O) groups is 1. The highest BCUT2D eigenvalue weighted by molar-refractivity contribution is 5.84. The van der Waals surface area contributed by atoms with Crippen LogP contribution in [-0.2, 0) is 4.79 Å². The summed E-state index contributed by atoms with van der Waals surface area (Å²) in [6.07, 6.45) is 0.517. The van der Waals surface area contributed by atoms with Crippen molar-refractivity contribution in [3.05, 3.63) is 30.1 Å². The van der Waals surface area contributed by atoms with Crippen LogP contribution in [0.4, 0.5) is 10.1 Å². The van der Waals surface area contributed by atoms with Gasteiger partial charge in [-0.05, 0) is 46.2 Å². The average molecular weight is 295 g/mol. The van der Waals surface area contributed by atoms with Gasteiger partial charge in [0.15, 0.2) is 0 Å². The summed E-state index contributed by atoms with van der Waals surface area (Å²) in [5, 5.41) is 3.21. The van der Waals surface area contributed by atoms with Gasteiger partial charge >= 0.3 is 0 Å². The van der Waals surface area contributed by atoms with Gasteiger partial charge in [0.05, 0.1) is 11.2 Å². The highest BCUT2D eigenvalue weighted by Gasteiger charge is 2.31. The number of benzene rings is 1. The number of nitrogens with one attached hydrogen (secondary N) is 1. The van der Waals surface area contributed by atoms with Crippen molar-refractivity contribution in [2.75, 3.05) is 18.0 Å². The lowest BCUT2D eigenvalue weighted by atomic mass is 9.95. The van der Waals surface area contributed by atoms with Gasteiger partial charge in [0.2, 0.25) is 5.91 Å². The number of amides is 1. The first kappa shape index (κ1) is 17.4. The molecule has 3 N–H and O–H groups in total. The topological polar surface area (TPSA) is 58.4 Å². The molecule has 1 unspecified atom stereocenters. The minimum Gasteiger partial charge on any atom is -0.369 e. The van der Waals surface area contributed by atoms with Gasteiger partial charge in [-0.2, -0.15) is 0 Å². The molecule has 0 fully saturated rings. The van der Waals surface area contributed by atoms with Crippen LogP contribution in [0.1, 0.15) is 34.1 Å². The Morgan fingerprint density at radius 1 is 1.43 bits per heavy atom. The molecular formula is C16H26FN3O. The van der Waals surface area contributed by atoms with Crippen molar-refractivity contribution < 1.29 is 9.18 Å². The van der Waals surface area contributed by atoms with Gasteiger partial charge < -0.3 is 16.0 Å². The van der Waals surface area contributed by atoms with Gasteiger partial charge in [-0.25, -0.2) is 4.39 Å². The second-order valence-corrected chi connectivity index (χ2v) is 5.78. The van der Waals surface area contributed by atoms with Crippen molar-refractivity contribution in [1.82, 2.24) is 5.32 Å². The highest BCUT2D eigenvalue weighted by Crippen LogP contribution is 2.20. The first-order valence-electron chi connectivity index (χ1n) is 7.37. The largest absolute Gasteiger partial charge is 0.369 e. The highest BCUT2D eigenvalue weighted by atomic mass is 19.1. The molecule has 0 saturated heterocycles. The molecule has 0 spiro atoms. The normalized spacial score (nSPS) is 14.0. The summed E-state index contributed by atoms with van der Waals surface area (Å²) in [6, 6.07) is 6.81. The molecule has 1 amide bonds. The van der Waals surface area contributed by atoms with E-state index in [1.807, 2.05) is 25.7 Å². The lowest BCUT2D eigenvalue weighted by molar-refractivity contribution is -0.124. The van der Waals surface area contributed by atoms with Crippen LogP contribution in [-0.4, -0.2) is 30.6 Å². The summed E-state index contributed by atoms with van der Waals surface area (Å²) in [6.45, 7) is 8.91. The van der Waals surface area contributed by atoms with Gasteiger partial charge in [0.1, 0.15) is 5.82 Å². The molecule has 1 aromatic carbocycles. The number of nitrogens with zero attached hydrogens (tertiary/aromatic N) is 1. The van der Waals surface area contributed by atoms with Crippen LogP contribution in [0.2, 0.25) is 0 Å². The minimum atomic E-state index is -0.799. The predicted molar refractivity (Wildman–Crippen MR) is 84.8 cm³/mol. The summed E-state index contributed by atoms with van der Waals surface area (Å²) >= 11 is 0. The molecule has 0 saturated carbocycles. The van der Waals surface area contributed by atoms with E-state index in [4.69, 9.17) is 5.73 Å². The number of hydrogen-bond donors (Lipinski definition) is 2. The van der Waals surface area contributed by atoms with Gasteiger partial charge in [0.25, 0.3) is 0 Å². The van der Waals surface area contributed by atoms with Crippen LogP contribution in [0.5, 0.6) is 0 Å². The maximum atomic E-state index is 13.9. The van der Waals surface area contributed by atoms with Crippen LogP contribution >= 0.6 is 0 Å². The third kappa shape index (κ3) is 4.70. The zero-order valence-electron chi connectivity index (χ0n) is 13.3. The summed E-state index contributed by atoms with van der Waals surface area (Å²) < 4.78 is 13.9. The number of rotatable bonds is 8. The zero-order chi connectivity index (χ0) is 16.0. The van der Waals surface area contributed by atoms with Gasteiger partial charge in [-0.15, -0.1) is 0 Å². The number of hydrogen-bond acceptors (Lipinski definition) is 3. The molecule has 0 bridgehead atoms. The zero-order valence-corrected chi connectivity index (χ0v) is 13.3. The summed E-state index contributed by atoms with van der Waals surface area (Å²) in [7, 11) is 0. The van der Waals surface area contributed by atoms with Gasteiger partial charge in [-0.1, -0.05) is 12.1 Å². The number of carbonyl (C=O) groups excluding carboxylic acids is 1. The molecule has 0 aliphatic heterocycles. The van der Waals surface area contributed by atoms with Crippen LogP contribution < -0.4 is 16.0 Å². The molecule has 0 heterocycles. The monoisotopic (exact) mass is 295 g/mol. The Bertz CT molecular complexity index is 478. The van der Waals surface area contributed by atoms with Crippen molar-refractivity contribution in [1.29, 1.82) is 0 Å². The summed E-state index contributed by atoms with van der Waals surface area (Å²) in [5.74, 6) is -0.641. The minimum absolute atomic E-state index is 0.144. The van der Waals surface area contributed by atoms with E-state index in [1.165, 1.54) is 6.07 Å². The van der Waals surface area contributed by atoms with Crippen molar-refractivity contribution in [2.24, 2.45) is 5.73 Å². The summed E-state index contributed by atoms with van der Waals surface area (Å²) in [5.41, 5.74) is 5.27. The Balaban J connectivity index is 2.82. The Morgan fingerprint density at radius 2 is 2.05 bits per heavy atom. The standard InChI is InChI=1S/C16H26FN3O/c1-5-20(14-9-7-6-8-13(14)17)11-10-16(4,15(18)21)19-12(2)3/h6-9,12,19H,5,10-11H2,1-4H3,(H2,18,21). The Labute approximate surface area is 126 Å². The van der Waals surface area contributed by atoms with Crippen molar-refractivity contribution in [3.8, 4) is 0 Å². The second-order valence-electron chi connectivity index (χ2n) is 5.78. The van der Waals surface area contributed by atoms with E-state index in [1.54, 1.807) is 25.1 Å². The van der Waals surface area contributed by atoms with Crippen molar-refractivity contribution in [3.63, 3.8) is 0 Å². The molecular weight excluding hydrogens is 269 g/mol. The lowest BCUT2D eigenvalue weighted by Crippen LogP contribution is -2.56. The fraction of sp³-hybridized carbons (Fsp3) is 0.562. The first-order valence-corrected chi connectivity index (χ1v) is 7.37. The fourth-order valence-corrected chi connectivity index (χ4v) is 2.42. The number of para-hydroxylation sites is 1. The molecule has 0 radical (unpaired) electrons. The lowest BCUT2D eigenvalue weighted by Gasteiger charge is -2.33. The van der Waals surface area contributed by atoms with Crippen LogP contribution in [0.25, 0.3) is 0 Å². The maximum absolute atomic E-state index is 13.9. The van der Waals surface area contributed by atoms with Crippen LogP contribution in [0, 0.1) is 5.82 Å². The molecule has 1 atom stereocenters. The van der Waals surface area contributed by atoms with E-state index in [0.29, 0.717) is 25.2 Å². The predicted octanol–water partition coefficient (Wildman–Crippen LogP) is 2.28. The maximum Gasteiger partial charge on any atom is 0.237 e. The Morgan fingerprint density at radius 3 is 2.52 bits per heavy atom. The third-order valence-corrected chi connectivity index (χ3v) is 3.61. The third-order valence-electron chi connectivity index (χ3n) is 3.61. The molecule has 0 aromatic heterocycles. The number of nitrogens with two attached hydrogens (primary N) is 1. The molecule has 0 aliphatic rings. The smallest absolute Gasteiger partial charge is 0.237 e. The quantitative estimate of drug-likeness (QED) is 0.773. The number of halogens is 1. The van der Waals surface area contributed by atoms with E-state index in [-0.39, 0.29) is 17.8 Å². The van der Waals surface area contributed by atoms with E-state index < -0.39 is 5.54 Å². The van der Waals surface area contributed by atoms with Crippen molar-refractivity contribution >= 4 is 11.6 Å². The molecule has 21 heavy (non-hydrogen) atoms. The summed E-state index contributed by atoms with van der Waals surface area (Å²) in [4.78, 5) is 13.6. The van der Waals surface area contributed by atoms with E-state index in [2.05, 4.69) is 5.32 Å².